The van der Waals surface area contributed by atoms with Gasteiger partial charge in [0, 0.05) is 6.61 Å². The van der Waals surface area contributed by atoms with Gasteiger partial charge in [-0.1, -0.05) is 13.3 Å². The van der Waals surface area contributed by atoms with E-state index in [0.29, 0.717) is 6.61 Å². The van der Waals surface area contributed by atoms with Crippen molar-refractivity contribution in [1.82, 2.24) is 0 Å². The standard InChI is InChI=1S/C7H13NO/c1-3-4-5-9-7(2)6-8/h7H,3-5H2,1-2H3. The molecular weight excluding hydrogens is 114 g/mol. The van der Waals surface area contributed by atoms with Crippen LogP contribution in [0.15, 0.2) is 0 Å². The van der Waals surface area contributed by atoms with Gasteiger partial charge in [0.05, 0.1) is 6.07 Å². The van der Waals surface area contributed by atoms with Crippen LogP contribution in [-0.4, -0.2) is 12.7 Å². The summed E-state index contributed by atoms with van der Waals surface area (Å²) in [5.74, 6) is 0. The molecule has 0 aliphatic carbocycles. The van der Waals surface area contributed by atoms with E-state index in [0.717, 1.165) is 12.8 Å². The van der Waals surface area contributed by atoms with E-state index in [1.54, 1.807) is 6.92 Å². The number of nitriles is 1. The summed E-state index contributed by atoms with van der Waals surface area (Å²) in [5, 5.41) is 8.26. The van der Waals surface area contributed by atoms with Gasteiger partial charge in [-0.15, -0.1) is 0 Å². The van der Waals surface area contributed by atoms with E-state index in [1.165, 1.54) is 0 Å². The maximum atomic E-state index is 8.26. The predicted octanol–water partition coefficient (Wildman–Crippen LogP) is 1.72. The molecule has 2 heteroatoms. The number of nitrogens with zero attached hydrogens (tertiary/aromatic N) is 1. The molecule has 0 radical (unpaired) electrons. The zero-order valence-electron chi connectivity index (χ0n) is 6.05. The average Bonchev–Trinajstić information content (AvgIpc) is 1.89. The Morgan fingerprint density at radius 1 is 1.67 bits per heavy atom. The van der Waals surface area contributed by atoms with Crippen molar-refractivity contribution in [2.45, 2.75) is 32.8 Å². The molecule has 0 bridgehead atoms. The maximum absolute atomic E-state index is 8.26. The van der Waals surface area contributed by atoms with Gasteiger partial charge in [-0.05, 0) is 13.3 Å². The van der Waals surface area contributed by atoms with E-state index in [4.69, 9.17) is 10.00 Å². The number of hydrogen-bond donors (Lipinski definition) is 0. The van der Waals surface area contributed by atoms with Gasteiger partial charge in [0.2, 0.25) is 0 Å². The van der Waals surface area contributed by atoms with Gasteiger partial charge in [-0.3, -0.25) is 0 Å². The van der Waals surface area contributed by atoms with Crippen molar-refractivity contribution in [3.8, 4) is 6.07 Å². The molecule has 0 N–H and O–H groups in total. The summed E-state index contributed by atoms with van der Waals surface area (Å²) < 4.78 is 5.07. The molecule has 0 saturated heterocycles. The first-order chi connectivity index (χ1) is 4.31. The Labute approximate surface area is 56.4 Å². The molecule has 52 valence electrons. The highest BCUT2D eigenvalue weighted by molar-refractivity contribution is 4.78. The summed E-state index contributed by atoms with van der Waals surface area (Å²) in [4.78, 5) is 0. The molecule has 1 atom stereocenters. The molecule has 0 fully saturated rings. The maximum Gasteiger partial charge on any atom is 0.141 e. The van der Waals surface area contributed by atoms with Gasteiger partial charge in [0.25, 0.3) is 0 Å². The summed E-state index contributed by atoms with van der Waals surface area (Å²) in [5.41, 5.74) is 0. The molecule has 0 heterocycles. The Balaban J connectivity index is 2.99. The van der Waals surface area contributed by atoms with E-state index >= 15 is 0 Å². The van der Waals surface area contributed by atoms with Crippen molar-refractivity contribution in [3.63, 3.8) is 0 Å². The van der Waals surface area contributed by atoms with Crippen LogP contribution in [0.3, 0.4) is 0 Å². The Morgan fingerprint density at radius 2 is 2.33 bits per heavy atom. The molecule has 0 aromatic rings. The van der Waals surface area contributed by atoms with Crippen LogP contribution >= 0.6 is 0 Å². The van der Waals surface area contributed by atoms with Gasteiger partial charge >= 0.3 is 0 Å². The van der Waals surface area contributed by atoms with E-state index in [2.05, 4.69) is 6.92 Å². The van der Waals surface area contributed by atoms with Crippen LogP contribution in [0.2, 0.25) is 0 Å². The quantitative estimate of drug-likeness (QED) is 0.538. The molecule has 0 rings (SSSR count). The number of ether oxygens (including phenoxy) is 1. The van der Waals surface area contributed by atoms with Gasteiger partial charge in [0.15, 0.2) is 0 Å². The van der Waals surface area contributed by atoms with Crippen molar-refractivity contribution in [2.24, 2.45) is 0 Å². The highest BCUT2D eigenvalue weighted by Gasteiger charge is 1.95. The smallest absolute Gasteiger partial charge is 0.141 e. The lowest BCUT2D eigenvalue weighted by atomic mass is 10.3. The van der Waals surface area contributed by atoms with Crippen molar-refractivity contribution in [1.29, 1.82) is 5.26 Å². The first-order valence-electron chi connectivity index (χ1n) is 3.32. The molecule has 0 spiro atoms. The van der Waals surface area contributed by atoms with Crippen LogP contribution in [0.1, 0.15) is 26.7 Å². The van der Waals surface area contributed by atoms with Crippen LogP contribution in [0, 0.1) is 11.3 Å². The fourth-order valence-electron chi connectivity index (χ4n) is 0.442. The second-order valence-corrected chi connectivity index (χ2v) is 2.00. The topological polar surface area (TPSA) is 33.0 Å². The molecule has 0 saturated carbocycles. The van der Waals surface area contributed by atoms with E-state index in [9.17, 15) is 0 Å². The fraction of sp³-hybridized carbons (Fsp3) is 0.857. The average molecular weight is 127 g/mol. The molecule has 0 aromatic heterocycles. The first-order valence-corrected chi connectivity index (χ1v) is 3.32. The van der Waals surface area contributed by atoms with Crippen LogP contribution in [0.4, 0.5) is 0 Å². The van der Waals surface area contributed by atoms with E-state index in [-0.39, 0.29) is 6.10 Å². The molecular formula is C7H13NO. The summed E-state index contributed by atoms with van der Waals surface area (Å²) in [6, 6.07) is 2.00. The molecule has 0 aliphatic rings. The Hall–Kier alpha value is -0.550. The van der Waals surface area contributed by atoms with Crippen LogP contribution in [0.5, 0.6) is 0 Å². The van der Waals surface area contributed by atoms with Gasteiger partial charge in [0.1, 0.15) is 6.10 Å². The summed E-state index contributed by atoms with van der Waals surface area (Å²) in [6.45, 7) is 4.57. The number of unbranched alkanes of at least 4 members (excludes halogenated alkanes) is 1. The largest absolute Gasteiger partial charge is 0.364 e. The summed E-state index contributed by atoms with van der Waals surface area (Å²) >= 11 is 0. The van der Waals surface area contributed by atoms with E-state index in [1.807, 2.05) is 6.07 Å². The molecule has 0 amide bonds. The Kier molecular flexibility index (Phi) is 5.24. The van der Waals surface area contributed by atoms with Crippen molar-refractivity contribution in [3.05, 3.63) is 0 Å². The molecule has 0 aromatic carbocycles. The highest BCUT2D eigenvalue weighted by Crippen LogP contribution is 1.92. The van der Waals surface area contributed by atoms with Crippen molar-refractivity contribution < 1.29 is 4.74 Å². The minimum atomic E-state index is -0.239. The SMILES string of the molecule is CCCCOC(C)C#N. The van der Waals surface area contributed by atoms with Crippen molar-refractivity contribution >= 4 is 0 Å². The van der Waals surface area contributed by atoms with Crippen LogP contribution in [0.25, 0.3) is 0 Å². The third kappa shape index (κ3) is 5.32. The van der Waals surface area contributed by atoms with Crippen LogP contribution in [-0.2, 0) is 4.74 Å². The lowest BCUT2D eigenvalue weighted by Crippen LogP contribution is -2.05. The summed E-state index contributed by atoms with van der Waals surface area (Å²) in [7, 11) is 0. The number of rotatable bonds is 4. The second kappa shape index (κ2) is 5.58. The van der Waals surface area contributed by atoms with E-state index < -0.39 is 0 Å². The monoisotopic (exact) mass is 127 g/mol. The zero-order chi connectivity index (χ0) is 7.11. The molecule has 0 aliphatic heterocycles. The minimum Gasteiger partial charge on any atom is -0.364 e. The third-order valence-electron chi connectivity index (χ3n) is 1.05. The molecule has 9 heavy (non-hydrogen) atoms. The van der Waals surface area contributed by atoms with Gasteiger partial charge in [-0.25, -0.2) is 0 Å². The van der Waals surface area contributed by atoms with Crippen LogP contribution < -0.4 is 0 Å². The normalized spacial score (nSPS) is 12.6. The Morgan fingerprint density at radius 3 is 2.78 bits per heavy atom. The minimum absolute atomic E-state index is 0.239. The predicted molar refractivity (Wildman–Crippen MR) is 35.9 cm³/mol. The molecule has 1 unspecified atom stereocenters. The lowest BCUT2D eigenvalue weighted by molar-refractivity contribution is 0.0997. The zero-order valence-corrected chi connectivity index (χ0v) is 6.05. The first kappa shape index (κ1) is 8.45. The second-order valence-electron chi connectivity index (χ2n) is 2.00. The van der Waals surface area contributed by atoms with Gasteiger partial charge in [-0.2, -0.15) is 5.26 Å². The third-order valence-corrected chi connectivity index (χ3v) is 1.05. The lowest BCUT2D eigenvalue weighted by Gasteiger charge is -2.02. The highest BCUT2D eigenvalue weighted by atomic mass is 16.5. The summed E-state index contributed by atoms with van der Waals surface area (Å²) in [6.07, 6.45) is 1.93. The fourth-order valence-corrected chi connectivity index (χ4v) is 0.442. The Bertz CT molecular complexity index is 95.6. The van der Waals surface area contributed by atoms with Gasteiger partial charge < -0.3 is 4.74 Å². The van der Waals surface area contributed by atoms with Crippen molar-refractivity contribution in [2.75, 3.05) is 6.61 Å². The molecule has 2 nitrogen and oxygen atoms in total. The number of hydrogen-bond acceptors (Lipinski definition) is 2.